The number of ether oxygens (including phenoxy) is 2. The van der Waals surface area contributed by atoms with Crippen LogP contribution in [0.15, 0.2) is 71.8 Å². The molecule has 1 aliphatic rings. The summed E-state index contributed by atoms with van der Waals surface area (Å²) in [6.07, 6.45) is 1.30. The van der Waals surface area contributed by atoms with Crippen molar-refractivity contribution < 1.29 is 19.1 Å². The number of carbonyl (C=O) groups excluding carboxylic acids is 2. The number of nitrogens with one attached hydrogen (secondary N) is 1. The summed E-state index contributed by atoms with van der Waals surface area (Å²) in [5.74, 6) is -2.70. The average molecular weight is 406 g/mol. The smallest absolute Gasteiger partial charge is 0.350 e. The van der Waals surface area contributed by atoms with Crippen LogP contribution in [0, 0.1) is 0 Å². The highest BCUT2D eigenvalue weighted by molar-refractivity contribution is 7.13. The van der Waals surface area contributed by atoms with Crippen LogP contribution in [0.5, 0.6) is 0 Å². The van der Waals surface area contributed by atoms with Crippen LogP contribution in [0.3, 0.4) is 0 Å². The Bertz CT molecular complexity index is 1080. The summed E-state index contributed by atoms with van der Waals surface area (Å²) in [5, 5.41) is 5.90. The van der Waals surface area contributed by atoms with Gasteiger partial charge in [-0.3, -0.25) is 0 Å². The van der Waals surface area contributed by atoms with Crippen LogP contribution in [0.25, 0.3) is 21.8 Å². The minimum Gasteiger partial charge on any atom is -0.419 e. The molecule has 2 aromatic carbocycles. The van der Waals surface area contributed by atoms with E-state index < -0.39 is 17.7 Å². The molecule has 0 aliphatic carbocycles. The van der Waals surface area contributed by atoms with Crippen LogP contribution in [0.4, 0.5) is 5.69 Å². The number of esters is 2. The Morgan fingerprint density at radius 2 is 1.66 bits per heavy atom. The van der Waals surface area contributed by atoms with E-state index in [1.165, 1.54) is 20.0 Å². The highest BCUT2D eigenvalue weighted by Gasteiger charge is 2.38. The SMILES string of the molecule is CC1(C)OC(=O)C(=CNc2cccc(-c3csc(-c4ccccc4)n3)c2)C(=O)O1. The minimum absolute atomic E-state index is 0.185. The van der Waals surface area contributed by atoms with E-state index in [1.54, 1.807) is 11.3 Å². The molecule has 0 spiro atoms. The second-order valence-electron chi connectivity index (χ2n) is 6.87. The Balaban J connectivity index is 1.54. The van der Waals surface area contributed by atoms with E-state index in [4.69, 9.17) is 14.5 Å². The van der Waals surface area contributed by atoms with Crippen LogP contribution in [-0.2, 0) is 19.1 Å². The van der Waals surface area contributed by atoms with E-state index in [1.807, 2.05) is 60.0 Å². The van der Waals surface area contributed by atoms with Crippen LogP contribution >= 0.6 is 11.3 Å². The van der Waals surface area contributed by atoms with Crippen molar-refractivity contribution in [3.63, 3.8) is 0 Å². The van der Waals surface area contributed by atoms with Gasteiger partial charge in [0.1, 0.15) is 5.01 Å². The molecule has 1 fully saturated rings. The molecular formula is C22H18N2O4S. The van der Waals surface area contributed by atoms with E-state index in [0.717, 1.165) is 21.8 Å². The lowest BCUT2D eigenvalue weighted by molar-refractivity contribution is -0.222. The van der Waals surface area contributed by atoms with Gasteiger partial charge in [-0.1, -0.05) is 42.5 Å². The molecule has 7 heteroatoms. The van der Waals surface area contributed by atoms with Crippen LogP contribution in [0.2, 0.25) is 0 Å². The van der Waals surface area contributed by atoms with Gasteiger partial charge in [0.15, 0.2) is 5.57 Å². The summed E-state index contributed by atoms with van der Waals surface area (Å²) < 4.78 is 10.2. The zero-order valence-electron chi connectivity index (χ0n) is 15.8. The molecule has 1 saturated heterocycles. The summed E-state index contributed by atoms with van der Waals surface area (Å²) in [4.78, 5) is 28.8. The molecule has 1 aliphatic heterocycles. The minimum atomic E-state index is -1.26. The van der Waals surface area contributed by atoms with Crippen molar-refractivity contribution in [3.05, 3.63) is 71.8 Å². The van der Waals surface area contributed by atoms with Crippen molar-refractivity contribution in [2.75, 3.05) is 5.32 Å². The number of cyclic esters (lactones) is 2. The molecule has 3 aromatic rings. The Kier molecular flexibility index (Phi) is 4.90. The Labute approximate surface area is 171 Å². The summed E-state index contributed by atoms with van der Waals surface area (Å²) in [6, 6.07) is 17.5. The lowest BCUT2D eigenvalue weighted by Crippen LogP contribution is -2.42. The van der Waals surface area contributed by atoms with Gasteiger partial charge in [0.25, 0.3) is 5.79 Å². The van der Waals surface area contributed by atoms with Crippen molar-refractivity contribution >= 4 is 29.0 Å². The standard InChI is InChI=1S/C22H18N2O4S/c1-22(2)27-20(25)17(21(26)28-22)12-23-16-10-6-9-15(11-16)18-13-29-19(24-18)14-7-4-3-5-8-14/h3-13,23H,1-2H3. The van der Waals surface area contributed by atoms with E-state index in [2.05, 4.69) is 5.32 Å². The van der Waals surface area contributed by atoms with Gasteiger partial charge in [-0.25, -0.2) is 14.6 Å². The molecule has 0 unspecified atom stereocenters. The lowest BCUT2D eigenvalue weighted by Gasteiger charge is -2.29. The third kappa shape index (κ3) is 4.20. The van der Waals surface area contributed by atoms with E-state index in [0.29, 0.717) is 5.69 Å². The topological polar surface area (TPSA) is 77.5 Å². The molecule has 6 nitrogen and oxygen atoms in total. The first-order valence-electron chi connectivity index (χ1n) is 8.96. The van der Waals surface area contributed by atoms with Crippen molar-refractivity contribution in [2.24, 2.45) is 0 Å². The van der Waals surface area contributed by atoms with E-state index >= 15 is 0 Å². The fraction of sp³-hybridized carbons (Fsp3) is 0.136. The number of rotatable bonds is 4. The molecule has 0 bridgehead atoms. The van der Waals surface area contributed by atoms with Gasteiger partial charge < -0.3 is 14.8 Å². The first-order valence-corrected chi connectivity index (χ1v) is 9.84. The molecule has 1 N–H and O–H groups in total. The Morgan fingerprint density at radius 1 is 0.966 bits per heavy atom. The van der Waals surface area contributed by atoms with Gasteiger partial charge >= 0.3 is 11.9 Å². The molecule has 4 rings (SSSR count). The molecule has 1 aromatic heterocycles. The van der Waals surface area contributed by atoms with Crippen molar-refractivity contribution in [3.8, 4) is 21.8 Å². The maximum atomic E-state index is 12.0. The molecule has 0 saturated carbocycles. The summed E-state index contributed by atoms with van der Waals surface area (Å²) in [5.41, 5.74) is 3.36. The lowest BCUT2D eigenvalue weighted by atomic mass is 10.1. The van der Waals surface area contributed by atoms with E-state index in [9.17, 15) is 9.59 Å². The van der Waals surface area contributed by atoms with Crippen LogP contribution in [-0.4, -0.2) is 22.7 Å². The summed E-state index contributed by atoms with van der Waals surface area (Å²) in [6.45, 7) is 3.02. The van der Waals surface area contributed by atoms with Gasteiger partial charge in [-0.15, -0.1) is 11.3 Å². The molecule has 146 valence electrons. The maximum Gasteiger partial charge on any atom is 0.350 e. The van der Waals surface area contributed by atoms with Crippen molar-refractivity contribution in [1.82, 2.24) is 4.98 Å². The zero-order valence-corrected chi connectivity index (χ0v) is 16.7. The number of hydrogen-bond acceptors (Lipinski definition) is 7. The van der Waals surface area contributed by atoms with Crippen LogP contribution in [0.1, 0.15) is 13.8 Å². The predicted molar refractivity (Wildman–Crippen MR) is 111 cm³/mol. The van der Waals surface area contributed by atoms with Gasteiger partial charge in [0.2, 0.25) is 0 Å². The molecule has 0 radical (unpaired) electrons. The highest BCUT2D eigenvalue weighted by atomic mass is 32.1. The number of hydrogen-bond donors (Lipinski definition) is 1. The maximum absolute atomic E-state index is 12.0. The Morgan fingerprint density at radius 3 is 2.38 bits per heavy atom. The third-order valence-corrected chi connectivity index (χ3v) is 5.07. The largest absolute Gasteiger partial charge is 0.419 e. The normalized spacial score (nSPS) is 15.4. The van der Waals surface area contributed by atoms with Gasteiger partial charge in [-0.2, -0.15) is 0 Å². The first kappa shape index (κ1) is 18.9. The molecule has 2 heterocycles. The number of anilines is 1. The van der Waals surface area contributed by atoms with Gasteiger partial charge in [-0.05, 0) is 12.1 Å². The molecule has 0 amide bonds. The first-order chi connectivity index (χ1) is 13.9. The Hall–Kier alpha value is -3.45. The summed E-state index contributed by atoms with van der Waals surface area (Å²) >= 11 is 1.57. The second-order valence-corrected chi connectivity index (χ2v) is 7.72. The third-order valence-electron chi connectivity index (χ3n) is 4.18. The number of carbonyl (C=O) groups is 2. The second kappa shape index (κ2) is 7.52. The highest BCUT2D eigenvalue weighted by Crippen LogP contribution is 2.30. The number of nitrogens with zero attached hydrogens (tertiary/aromatic N) is 1. The van der Waals surface area contributed by atoms with Crippen molar-refractivity contribution in [2.45, 2.75) is 19.6 Å². The van der Waals surface area contributed by atoms with Crippen molar-refractivity contribution in [1.29, 1.82) is 0 Å². The fourth-order valence-electron chi connectivity index (χ4n) is 2.82. The van der Waals surface area contributed by atoms with Crippen LogP contribution < -0.4 is 5.32 Å². The zero-order chi connectivity index (χ0) is 20.4. The number of thiazole rings is 1. The predicted octanol–water partition coefficient (Wildman–Crippen LogP) is 4.61. The van der Waals surface area contributed by atoms with Gasteiger partial charge in [0.05, 0.1) is 5.69 Å². The molecular weight excluding hydrogens is 388 g/mol. The quantitative estimate of drug-likeness (QED) is 0.387. The fourth-order valence-corrected chi connectivity index (χ4v) is 3.66. The molecule has 0 atom stereocenters. The molecule has 29 heavy (non-hydrogen) atoms. The number of aromatic nitrogens is 1. The summed E-state index contributed by atoms with van der Waals surface area (Å²) in [7, 11) is 0. The van der Waals surface area contributed by atoms with E-state index in [-0.39, 0.29) is 5.57 Å². The van der Waals surface area contributed by atoms with Gasteiger partial charge in [0, 0.05) is 42.2 Å². The number of benzene rings is 2. The average Bonchev–Trinajstić information content (AvgIpc) is 3.18. The monoisotopic (exact) mass is 406 g/mol.